The summed E-state index contributed by atoms with van der Waals surface area (Å²) in [5, 5.41) is 2.90. The number of aryl methyl sites for hydroxylation is 2. The summed E-state index contributed by atoms with van der Waals surface area (Å²) in [4.78, 5) is 39.2. The van der Waals surface area contributed by atoms with Crippen molar-refractivity contribution in [3.05, 3.63) is 52.9 Å². The Morgan fingerprint density at radius 1 is 1.31 bits per heavy atom. The van der Waals surface area contributed by atoms with E-state index in [-0.39, 0.29) is 17.9 Å². The Hall–Kier alpha value is -2.83. The third kappa shape index (κ3) is 3.71. The second kappa shape index (κ2) is 7.59. The van der Waals surface area contributed by atoms with Gasteiger partial charge in [-0.25, -0.2) is 9.97 Å². The van der Waals surface area contributed by atoms with Gasteiger partial charge in [0.25, 0.3) is 5.91 Å². The van der Waals surface area contributed by atoms with Crippen molar-refractivity contribution in [3.8, 4) is 0 Å². The van der Waals surface area contributed by atoms with Crippen LogP contribution in [0.15, 0.2) is 24.5 Å². The maximum Gasteiger partial charge on any atom is 0.270 e. The molecule has 1 aliphatic heterocycles. The fourth-order valence-electron chi connectivity index (χ4n) is 3.35. The molecule has 0 aromatic carbocycles. The second-order valence-electron chi connectivity index (χ2n) is 6.55. The van der Waals surface area contributed by atoms with E-state index in [1.54, 1.807) is 25.4 Å². The average molecular weight is 353 g/mol. The predicted molar refractivity (Wildman–Crippen MR) is 96.3 cm³/mol. The van der Waals surface area contributed by atoms with Crippen LogP contribution in [0.25, 0.3) is 0 Å². The zero-order chi connectivity index (χ0) is 18.7. The molecule has 0 saturated carbocycles. The second-order valence-corrected chi connectivity index (χ2v) is 6.55. The first-order valence-electron chi connectivity index (χ1n) is 8.77. The van der Waals surface area contributed by atoms with E-state index in [1.165, 1.54) is 0 Å². The van der Waals surface area contributed by atoms with E-state index < -0.39 is 0 Å². The molecule has 1 N–H and O–H groups in total. The van der Waals surface area contributed by atoms with E-state index >= 15 is 0 Å². The minimum Gasteiger partial charge on any atom is -0.346 e. The number of pyridine rings is 1. The molecule has 1 saturated heterocycles. The van der Waals surface area contributed by atoms with E-state index in [0.29, 0.717) is 18.1 Å². The molecular weight excluding hydrogens is 330 g/mol. The van der Waals surface area contributed by atoms with Gasteiger partial charge in [-0.1, -0.05) is 6.07 Å². The number of nitrogens with zero attached hydrogens (tertiary/aromatic N) is 4. The summed E-state index contributed by atoms with van der Waals surface area (Å²) >= 11 is 0. The Balaban J connectivity index is 1.81. The molecule has 1 aliphatic rings. The first-order valence-corrected chi connectivity index (χ1v) is 8.77. The third-order valence-electron chi connectivity index (χ3n) is 4.66. The lowest BCUT2D eigenvalue weighted by Crippen LogP contribution is -2.31. The number of carbonyl (C=O) groups excluding carboxylic acids is 2. The summed E-state index contributed by atoms with van der Waals surface area (Å²) in [5.41, 5.74) is 2.89. The Morgan fingerprint density at radius 2 is 2.12 bits per heavy atom. The van der Waals surface area contributed by atoms with Gasteiger partial charge in [-0.15, -0.1) is 0 Å². The molecule has 136 valence electrons. The summed E-state index contributed by atoms with van der Waals surface area (Å²) in [6.07, 6.45) is 5.16. The molecule has 3 rings (SSSR count). The van der Waals surface area contributed by atoms with E-state index in [2.05, 4.69) is 20.3 Å². The summed E-state index contributed by atoms with van der Waals surface area (Å²) in [6, 6.07) is 3.60. The molecule has 1 fully saturated rings. The molecular formula is C19H23N5O2. The number of aromatic nitrogens is 3. The van der Waals surface area contributed by atoms with Crippen LogP contribution < -0.4 is 5.32 Å². The molecule has 2 aromatic heterocycles. The normalized spacial score (nSPS) is 16.6. The molecule has 0 unspecified atom stereocenters. The zero-order valence-electron chi connectivity index (χ0n) is 15.3. The highest BCUT2D eigenvalue weighted by atomic mass is 16.2. The van der Waals surface area contributed by atoms with Gasteiger partial charge in [0.1, 0.15) is 11.5 Å². The van der Waals surface area contributed by atoms with Gasteiger partial charge in [0.15, 0.2) is 0 Å². The quantitative estimate of drug-likeness (QED) is 0.909. The molecule has 3 heterocycles. The van der Waals surface area contributed by atoms with Crippen molar-refractivity contribution in [1.82, 2.24) is 25.2 Å². The first kappa shape index (κ1) is 18.0. The SMILES string of the molecule is CC(=O)N1CCC[C@@H]1c1nc(C)ncc1CNC(=O)c1ncccc1C. The maximum absolute atomic E-state index is 12.4. The standard InChI is InChI=1S/C19H23N5O2/c1-12-6-4-8-20-17(12)19(26)22-11-15-10-21-13(2)23-18(15)16-7-5-9-24(16)14(3)25/h4,6,8,10,16H,5,7,9,11H2,1-3H3,(H,22,26)/t16-/m1/s1. The van der Waals surface area contributed by atoms with Crippen molar-refractivity contribution in [2.24, 2.45) is 0 Å². The lowest BCUT2D eigenvalue weighted by atomic mass is 10.1. The largest absolute Gasteiger partial charge is 0.346 e. The predicted octanol–water partition coefficient (Wildman–Crippen LogP) is 2.10. The molecule has 0 aliphatic carbocycles. The fourth-order valence-corrected chi connectivity index (χ4v) is 3.35. The van der Waals surface area contributed by atoms with Crippen LogP contribution in [0.3, 0.4) is 0 Å². The molecule has 1 atom stereocenters. The first-order chi connectivity index (χ1) is 12.5. The monoisotopic (exact) mass is 353 g/mol. The highest BCUT2D eigenvalue weighted by Crippen LogP contribution is 2.32. The van der Waals surface area contributed by atoms with Gasteiger partial charge < -0.3 is 10.2 Å². The van der Waals surface area contributed by atoms with E-state index in [0.717, 1.165) is 36.2 Å². The van der Waals surface area contributed by atoms with E-state index in [4.69, 9.17) is 0 Å². The van der Waals surface area contributed by atoms with Gasteiger partial charge in [-0.05, 0) is 38.3 Å². The summed E-state index contributed by atoms with van der Waals surface area (Å²) in [6.45, 7) is 6.30. The van der Waals surface area contributed by atoms with Gasteiger partial charge in [-0.2, -0.15) is 0 Å². The number of amides is 2. The van der Waals surface area contributed by atoms with Crippen molar-refractivity contribution in [3.63, 3.8) is 0 Å². The fraction of sp³-hybridized carbons (Fsp3) is 0.421. The molecule has 2 amide bonds. The number of carbonyl (C=O) groups is 2. The molecule has 0 bridgehead atoms. The van der Waals surface area contributed by atoms with Crippen LogP contribution in [0, 0.1) is 13.8 Å². The number of likely N-dealkylation sites (tertiary alicyclic amines) is 1. The van der Waals surface area contributed by atoms with Gasteiger partial charge in [-0.3, -0.25) is 14.6 Å². The van der Waals surface area contributed by atoms with Gasteiger partial charge >= 0.3 is 0 Å². The minimum atomic E-state index is -0.232. The van der Waals surface area contributed by atoms with Crippen LogP contribution in [-0.4, -0.2) is 38.2 Å². The molecule has 0 spiro atoms. The molecule has 7 heteroatoms. The van der Waals surface area contributed by atoms with E-state index in [9.17, 15) is 9.59 Å². The van der Waals surface area contributed by atoms with Gasteiger partial charge in [0.05, 0.1) is 11.7 Å². The number of nitrogens with one attached hydrogen (secondary N) is 1. The minimum absolute atomic E-state index is 0.0443. The van der Waals surface area contributed by atoms with Crippen LogP contribution in [-0.2, 0) is 11.3 Å². The van der Waals surface area contributed by atoms with Crippen LogP contribution in [0.2, 0.25) is 0 Å². The van der Waals surface area contributed by atoms with Crippen molar-refractivity contribution in [2.75, 3.05) is 6.54 Å². The summed E-state index contributed by atoms with van der Waals surface area (Å²) in [7, 11) is 0. The van der Waals surface area contributed by atoms with E-state index in [1.807, 2.05) is 24.8 Å². The molecule has 7 nitrogen and oxygen atoms in total. The molecule has 2 aromatic rings. The van der Waals surface area contributed by atoms with Crippen molar-refractivity contribution < 1.29 is 9.59 Å². The number of hydrogen-bond donors (Lipinski definition) is 1. The number of rotatable bonds is 4. The van der Waals surface area contributed by atoms with Crippen molar-refractivity contribution in [2.45, 2.75) is 46.2 Å². The summed E-state index contributed by atoms with van der Waals surface area (Å²) in [5.74, 6) is 0.471. The Bertz CT molecular complexity index is 836. The Labute approximate surface area is 152 Å². The van der Waals surface area contributed by atoms with Crippen LogP contribution in [0.5, 0.6) is 0 Å². The summed E-state index contributed by atoms with van der Waals surface area (Å²) < 4.78 is 0. The molecule has 26 heavy (non-hydrogen) atoms. The lowest BCUT2D eigenvalue weighted by Gasteiger charge is -2.25. The third-order valence-corrected chi connectivity index (χ3v) is 4.66. The van der Waals surface area contributed by atoms with Gasteiger partial charge in [0.2, 0.25) is 5.91 Å². The molecule has 0 radical (unpaired) electrons. The van der Waals surface area contributed by atoms with Crippen LogP contribution >= 0.6 is 0 Å². The number of hydrogen-bond acceptors (Lipinski definition) is 5. The highest BCUT2D eigenvalue weighted by Gasteiger charge is 2.31. The zero-order valence-corrected chi connectivity index (χ0v) is 15.3. The lowest BCUT2D eigenvalue weighted by molar-refractivity contribution is -0.129. The smallest absolute Gasteiger partial charge is 0.270 e. The Kier molecular flexibility index (Phi) is 5.25. The average Bonchev–Trinajstić information content (AvgIpc) is 3.10. The Morgan fingerprint density at radius 3 is 2.85 bits per heavy atom. The van der Waals surface area contributed by atoms with Crippen LogP contribution in [0.4, 0.5) is 0 Å². The van der Waals surface area contributed by atoms with Crippen LogP contribution in [0.1, 0.15) is 58.9 Å². The highest BCUT2D eigenvalue weighted by molar-refractivity contribution is 5.93. The van der Waals surface area contributed by atoms with Gasteiger partial charge in [0, 0.05) is 38.0 Å². The topological polar surface area (TPSA) is 88.1 Å². The van der Waals surface area contributed by atoms with Crippen molar-refractivity contribution in [1.29, 1.82) is 0 Å². The maximum atomic E-state index is 12.4. The van der Waals surface area contributed by atoms with Crippen molar-refractivity contribution >= 4 is 11.8 Å².